The van der Waals surface area contributed by atoms with Crippen LogP contribution in [0.3, 0.4) is 0 Å². The van der Waals surface area contributed by atoms with E-state index in [4.69, 9.17) is 21.1 Å². The predicted molar refractivity (Wildman–Crippen MR) is 92.8 cm³/mol. The smallest absolute Gasteiger partial charge is 0.279 e. The molecule has 126 valence electrons. The SMILES string of the molecule is Cc1ccc(NC(=O)C[NH+](C)Cc2ccc3c(c2)OCO3)c(Cl)c1. The molecule has 3 rings (SSSR count). The van der Waals surface area contributed by atoms with E-state index in [1.54, 1.807) is 0 Å². The standard InChI is InChI=1S/C18H19ClN2O3/c1-12-3-5-15(14(19)7-12)20-18(22)10-21(2)9-13-4-6-16-17(8-13)24-11-23-16/h3-8H,9-11H2,1-2H3,(H,20,22)/p+1. The molecule has 1 unspecified atom stereocenters. The van der Waals surface area contributed by atoms with Crippen LogP contribution in [0.1, 0.15) is 11.1 Å². The first kappa shape index (κ1) is 16.6. The third-order valence-electron chi connectivity index (χ3n) is 3.80. The first-order valence-electron chi connectivity index (χ1n) is 7.77. The average molecular weight is 348 g/mol. The minimum atomic E-state index is -0.0704. The zero-order chi connectivity index (χ0) is 17.1. The Hall–Kier alpha value is -2.24. The summed E-state index contributed by atoms with van der Waals surface area (Å²) in [6.45, 7) is 3.28. The Labute approximate surface area is 146 Å². The molecule has 1 aliphatic rings. The van der Waals surface area contributed by atoms with E-state index in [9.17, 15) is 4.79 Å². The number of benzene rings is 2. The normalized spacial score (nSPS) is 13.6. The van der Waals surface area contributed by atoms with Crippen LogP contribution in [0, 0.1) is 6.92 Å². The van der Waals surface area contributed by atoms with Gasteiger partial charge >= 0.3 is 0 Å². The van der Waals surface area contributed by atoms with Crippen LogP contribution in [-0.2, 0) is 11.3 Å². The Kier molecular flexibility index (Phi) is 4.92. The number of likely N-dealkylation sites (N-methyl/N-ethyl adjacent to an activating group) is 1. The summed E-state index contributed by atoms with van der Waals surface area (Å²) in [7, 11) is 1.97. The molecule has 0 saturated heterocycles. The Morgan fingerprint density at radius 1 is 1.21 bits per heavy atom. The van der Waals surface area contributed by atoms with Gasteiger partial charge in [0, 0.05) is 5.56 Å². The van der Waals surface area contributed by atoms with Gasteiger partial charge in [0.05, 0.1) is 17.8 Å². The summed E-state index contributed by atoms with van der Waals surface area (Å²) < 4.78 is 10.7. The lowest BCUT2D eigenvalue weighted by atomic mass is 10.2. The van der Waals surface area contributed by atoms with E-state index in [0.29, 0.717) is 23.8 Å². The van der Waals surface area contributed by atoms with Crippen molar-refractivity contribution >= 4 is 23.2 Å². The molecule has 24 heavy (non-hydrogen) atoms. The minimum Gasteiger partial charge on any atom is -0.454 e. The molecule has 0 bridgehead atoms. The summed E-state index contributed by atoms with van der Waals surface area (Å²) in [6.07, 6.45) is 0. The summed E-state index contributed by atoms with van der Waals surface area (Å²) in [4.78, 5) is 13.3. The Morgan fingerprint density at radius 2 is 2.00 bits per heavy atom. The maximum atomic E-state index is 12.2. The number of nitrogens with one attached hydrogen (secondary N) is 2. The molecule has 1 amide bonds. The van der Waals surface area contributed by atoms with Crippen LogP contribution in [-0.4, -0.2) is 26.3 Å². The van der Waals surface area contributed by atoms with Gasteiger partial charge < -0.3 is 19.7 Å². The van der Waals surface area contributed by atoms with Crippen molar-refractivity contribution in [1.29, 1.82) is 0 Å². The second-order valence-electron chi connectivity index (χ2n) is 6.03. The molecule has 0 fully saturated rings. The summed E-state index contributed by atoms with van der Waals surface area (Å²) in [5.74, 6) is 1.46. The van der Waals surface area contributed by atoms with E-state index in [1.165, 1.54) is 0 Å². The topological polar surface area (TPSA) is 52.0 Å². The number of hydrogen-bond acceptors (Lipinski definition) is 3. The number of carbonyl (C=O) groups is 1. The van der Waals surface area contributed by atoms with Gasteiger partial charge in [0.2, 0.25) is 6.79 Å². The molecule has 0 saturated carbocycles. The number of quaternary nitrogens is 1. The molecule has 1 atom stereocenters. The number of rotatable bonds is 5. The van der Waals surface area contributed by atoms with Crippen LogP contribution in [0.4, 0.5) is 5.69 Å². The van der Waals surface area contributed by atoms with Gasteiger partial charge in [0.25, 0.3) is 5.91 Å². The van der Waals surface area contributed by atoms with Crippen molar-refractivity contribution in [3.05, 3.63) is 52.5 Å². The molecular weight excluding hydrogens is 328 g/mol. The lowest BCUT2D eigenvalue weighted by molar-refractivity contribution is -0.885. The molecule has 0 aromatic heterocycles. The van der Waals surface area contributed by atoms with Gasteiger partial charge in [-0.15, -0.1) is 0 Å². The highest BCUT2D eigenvalue weighted by atomic mass is 35.5. The van der Waals surface area contributed by atoms with Gasteiger partial charge in [0.15, 0.2) is 18.0 Å². The van der Waals surface area contributed by atoms with Gasteiger partial charge in [-0.05, 0) is 42.8 Å². The van der Waals surface area contributed by atoms with Crippen LogP contribution in [0.15, 0.2) is 36.4 Å². The van der Waals surface area contributed by atoms with Crippen LogP contribution >= 0.6 is 11.6 Å². The first-order chi connectivity index (χ1) is 11.5. The number of aryl methyl sites for hydroxylation is 1. The molecule has 1 heterocycles. The van der Waals surface area contributed by atoms with E-state index in [-0.39, 0.29) is 12.7 Å². The van der Waals surface area contributed by atoms with E-state index in [2.05, 4.69) is 5.32 Å². The molecule has 1 aliphatic heterocycles. The lowest BCUT2D eigenvalue weighted by Crippen LogP contribution is -3.08. The van der Waals surface area contributed by atoms with Gasteiger partial charge in [-0.25, -0.2) is 0 Å². The molecule has 0 aliphatic carbocycles. The summed E-state index contributed by atoms with van der Waals surface area (Å²) >= 11 is 6.15. The van der Waals surface area contributed by atoms with Crippen molar-refractivity contribution < 1.29 is 19.2 Å². The summed E-state index contributed by atoms with van der Waals surface area (Å²) in [5, 5.41) is 3.41. The third-order valence-corrected chi connectivity index (χ3v) is 4.12. The fourth-order valence-electron chi connectivity index (χ4n) is 2.65. The van der Waals surface area contributed by atoms with Gasteiger partial charge in [-0.3, -0.25) is 4.79 Å². The monoisotopic (exact) mass is 347 g/mol. The van der Waals surface area contributed by atoms with Gasteiger partial charge in [0.1, 0.15) is 6.54 Å². The Bertz CT molecular complexity index is 764. The minimum absolute atomic E-state index is 0.0704. The highest BCUT2D eigenvalue weighted by molar-refractivity contribution is 6.33. The van der Waals surface area contributed by atoms with E-state index in [0.717, 1.165) is 27.5 Å². The number of anilines is 1. The Balaban J connectivity index is 1.56. The maximum absolute atomic E-state index is 12.2. The maximum Gasteiger partial charge on any atom is 0.279 e. The van der Waals surface area contributed by atoms with Gasteiger partial charge in [-0.2, -0.15) is 0 Å². The lowest BCUT2D eigenvalue weighted by Gasteiger charge is -2.15. The van der Waals surface area contributed by atoms with E-state index >= 15 is 0 Å². The van der Waals surface area contributed by atoms with Gasteiger partial charge in [-0.1, -0.05) is 17.7 Å². The predicted octanol–water partition coefficient (Wildman–Crippen LogP) is 2.03. The van der Waals surface area contributed by atoms with Crippen LogP contribution < -0.4 is 19.7 Å². The Morgan fingerprint density at radius 3 is 2.79 bits per heavy atom. The number of amides is 1. The molecule has 6 heteroatoms. The van der Waals surface area contributed by atoms with Crippen LogP contribution in [0.5, 0.6) is 11.5 Å². The number of fused-ring (bicyclic) bond motifs is 1. The fraction of sp³-hybridized carbons (Fsp3) is 0.278. The van der Waals surface area contributed by atoms with Crippen molar-refractivity contribution in [3.63, 3.8) is 0 Å². The van der Waals surface area contributed by atoms with Crippen molar-refractivity contribution in [2.24, 2.45) is 0 Å². The molecular formula is C18H20ClN2O3+. The van der Waals surface area contributed by atoms with Crippen molar-refractivity contribution in [1.82, 2.24) is 0 Å². The number of hydrogen-bond donors (Lipinski definition) is 2. The highest BCUT2D eigenvalue weighted by Gasteiger charge is 2.16. The fourth-order valence-corrected chi connectivity index (χ4v) is 2.93. The number of ether oxygens (including phenoxy) is 2. The number of halogens is 1. The summed E-state index contributed by atoms with van der Waals surface area (Å²) in [6, 6.07) is 11.4. The quantitative estimate of drug-likeness (QED) is 0.870. The van der Waals surface area contributed by atoms with Crippen molar-refractivity contribution in [2.45, 2.75) is 13.5 Å². The zero-order valence-corrected chi connectivity index (χ0v) is 14.4. The van der Waals surface area contributed by atoms with Crippen LogP contribution in [0.25, 0.3) is 0 Å². The molecule has 2 aromatic rings. The highest BCUT2D eigenvalue weighted by Crippen LogP contribution is 2.32. The van der Waals surface area contributed by atoms with Crippen LogP contribution in [0.2, 0.25) is 5.02 Å². The number of carbonyl (C=O) groups excluding carboxylic acids is 1. The van der Waals surface area contributed by atoms with Crippen molar-refractivity contribution in [3.8, 4) is 11.5 Å². The molecule has 0 spiro atoms. The molecule has 2 aromatic carbocycles. The molecule has 2 N–H and O–H groups in total. The third kappa shape index (κ3) is 3.99. The van der Waals surface area contributed by atoms with Crippen molar-refractivity contribution in [2.75, 3.05) is 25.7 Å². The summed E-state index contributed by atoms with van der Waals surface area (Å²) in [5.41, 5.74) is 2.80. The zero-order valence-electron chi connectivity index (χ0n) is 13.7. The van der Waals surface area contributed by atoms with E-state index < -0.39 is 0 Å². The second-order valence-corrected chi connectivity index (χ2v) is 6.44. The average Bonchev–Trinajstić information content (AvgIpc) is 2.97. The first-order valence-corrected chi connectivity index (χ1v) is 8.15. The molecule has 5 nitrogen and oxygen atoms in total. The molecule has 0 radical (unpaired) electrons. The van der Waals surface area contributed by atoms with E-state index in [1.807, 2.05) is 50.4 Å². The largest absolute Gasteiger partial charge is 0.454 e. The second kappa shape index (κ2) is 7.11.